The first-order valence-corrected chi connectivity index (χ1v) is 9.33. The largest absolute Gasteiger partial charge is 0.321 e. The van der Waals surface area contributed by atoms with E-state index in [1.165, 1.54) is 0 Å². The molecular weight excluding hydrogens is 384 g/mol. The summed E-state index contributed by atoms with van der Waals surface area (Å²) in [5.74, 6) is 5.41. The van der Waals surface area contributed by atoms with E-state index < -0.39 is 5.91 Å². The third-order valence-electron chi connectivity index (χ3n) is 4.44. The summed E-state index contributed by atoms with van der Waals surface area (Å²) in [6.45, 7) is 0. The molecule has 0 saturated carbocycles. The van der Waals surface area contributed by atoms with Crippen LogP contribution in [0.5, 0.6) is 0 Å². The summed E-state index contributed by atoms with van der Waals surface area (Å²) in [7, 11) is 0. The van der Waals surface area contributed by atoms with Gasteiger partial charge in [-0.2, -0.15) is 0 Å². The Morgan fingerprint density at radius 3 is 2.66 bits per heavy atom. The summed E-state index contributed by atoms with van der Waals surface area (Å²) >= 11 is 6.00. The number of hydrogen-bond acceptors (Lipinski definition) is 3. The maximum absolute atomic E-state index is 12.9. The highest BCUT2D eigenvalue weighted by Gasteiger charge is 2.28. The molecule has 1 aromatic heterocycles. The number of carbonyl (C=O) groups excluding carboxylic acids is 2. The number of pyridine rings is 1. The molecule has 0 unspecified atom stereocenters. The molecule has 5 heteroatoms. The molecule has 0 fully saturated rings. The zero-order valence-corrected chi connectivity index (χ0v) is 16.0. The summed E-state index contributed by atoms with van der Waals surface area (Å²) in [6.07, 6.45) is 5.59. The lowest BCUT2D eigenvalue weighted by molar-refractivity contribution is -0.112. The molecular formula is C24H15ClN2O2. The van der Waals surface area contributed by atoms with Gasteiger partial charge in [0.15, 0.2) is 0 Å². The molecule has 2 heterocycles. The van der Waals surface area contributed by atoms with Crippen LogP contribution >= 0.6 is 11.6 Å². The fourth-order valence-corrected chi connectivity index (χ4v) is 3.20. The molecule has 0 radical (unpaired) electrons. The van der Waals surface area contributed by atoms with Gasteiger partial charge >= 0.3 is 0 Å². The minimum absolute atomic E-state index is 0.0710. The number of hydrogen-bond donors (Lipinski definition) is 1. The standard InChI is InChI=1S/C24H15ClN2O2/c25-19-6-2-5-18(13-19)15-21-23(28)20-14-17(7-8-22(20)27-24(21)29)4-1-3-16-9-11-26-12-10-16/h2,5-15H,3H2,(H,27,29)/b21-15+. The third kappa shape index (κ3) is 4.26. The molecule has 1 amide bonds. The van der Waals surface area contributed by atoms with Crippen LogP contribution in [0.4, 0.5) is 5.69 Å². The van der Waals surface area contributed by atoms with Gasteiger partial charge in [-0.3, -0.25) is 14.6 Å². The Kier molecular flexibility index (Phi) is 5.24. The monoisotopic (exact) mass is 398 g/mol. The topological polar surface area (TPSA) is 59.1 Å². The predicted octanol–water partition coefficient (Wildman–Crippen LogP) is 4.55. The minimum atomic E-state index is -0.431. The van der Waals surface area contributed by atoms with Crippen molar-refractivity contribution in [3.63, 3.8) is 0 Å². The van der Waals surface area contributed by atoms with E-state index in [9.17, 15) is 9.59 Å². The minimum Gasteiger partial charge on any atom is -0.321 e. The number of ketones is 1. The molecule has 0 aliphatic carbocycles. The van der Waals surface area contributed by atoms with Gasteiger partial charge in [0, 0.05) is 35.0 Å². The lowest BCUT2D eigenvalue weighted by Gasteiger charge is -2.18. The zero-order valence-electron chi connectivity index (χ0n) is 15.3. The highest BCUT2D eigenvalue weighted by molar-refractivity contribution is 6.36. The normalized spacial score (nSPS) is 14.0. The van der Waals surface area contributed by atoms with Crippen LogP contribution in [0.15, 0.2) is 72.6 Å². The second kappa shape index (κ2) is 8.14. The van der Waals surface area contributed by atoms with Crippen LogP contribution in [-0.4, -0.2) is 16.7 Å². The number of fused-ring (bicyclic) bond motifs is 1. The number of rotatable bonds is 2. The van der Waals surface area contributed by atoms with Crippen LogP contribution in [0, 0.1) is 11.8 Å². The van der Waals surface area contributed by atoms with Crippen molar-refractivity contribution >= 4 is 35.1 Å². The number of nitrogens with one attached hydrogen (secondary N) is 1. The first kappa shape index (κ1) is 18.7. The summed E-state index contributed by atoms with van der Waals surface area (Å²) in [6, 6.07) is 16.0. The van der Waals surface area contributed by atoms with E-state index in [1.54, 1.807) is 60.9 Å². The number of anilines is 1. The van der Waals surface area contributed by atoms with Gasteiger partial charge in [-0.15, -0.1) is 0 Å². The van der Waals surface area contributed by atoms with E-state index in [0.717, 1.165) is 5.56 Å². The average molecular weight is 399 g/mol. The van der Waals surface area contributed by atoms with Crippen molar-refractivity contribution in [3.8, 4) is 11.8 Å². The highest BCUT2D eigenvalue weighted by atomic mass is 35.5. The molecule has 4 nitrogen and oxygen atoms in total. The molecule has 1 N–H and O–H groups in total. The Balaban J connectivity index is 1.62. The van der Waals surface area contributed by atoms with Crippen molar-refractivity contribution in [1.82, 2.24) is 4.98 Å². The smallest absolute Gasteiger partial charge is 0.259 e. The van der Waals surface area contributed by atoms with E-state index in [1.807, 2.05) is 12.1 Å². The Bertz CT molecular complexity index is 1200. The molecule has 4 rings (SSSR count). The number of carbonyl (C=O) groups is 2. The van der Waals surface area contributed by atoms with Crippen molar-refractivity contribution in [2.75, 3.05) is 5.32 Å². The van der Waals surface area contributed by atoms with Gasteiger partial charge < -0.3 is 5.32 Å². The molecule has 0 atom stereocenters. The second-order valence-electron chi connectivity index (χ2n) is 6.49. The Labute approximate surface area is 173 Å². The fraction of sp³-hybridized carbons (Fsp3) is 0.0417. The predicted molar refractivity (Wildman–Crippen MR) is 114 cm³/mol. The summed E-state index contributed by atoms with van der Waals surface area (Å²) in [5.41, 5.74) is 3.45. The van der Waals surface area contributed by atoms with Gasteiger partial charge in [0.2, 0.25) is 5.78 Å². The molecule has 140 valence electrons. The quantitative estimate of drug-likeness (QED) is 0.391. The van der Waals surface area contributed by atoms with Gasteiger partial charge in [-0.05, 0) is 59.7 Å². The molecule has 2 aromatic carbocycles. The maximum atomic E-state index is 12.9. The molecule has 0 saturated heterocycles. The lowest BCUT2D eigenvalue weighted by Crippen LogP contribution is -2.27. The Morgan fingerprint density at radius 2 is 1.86 bits per heavy atom. The molecule has 0 bridgehead atoms. The fourth-order valence-electron chi connectivity index (χ4n) is 3.00. The van der Waals surface area contributed by atoms with Crippen LogP contribution < -0.4 is 5.32 Å². The van der Waals surface area contributed by atoms with Crippen LogP contribution in [0.25, 0.3) is 6.08 Å². The number of halogens is 1. The molecule has 1 aliphatic heterocycles. The van der Waals surface area contributed by atoms with Crippen LogP contribution in [-0.2, 0) is 11.2 Å². The lowest BCUT2D eigenvalue weighted by atomic mass is 9.94. The number of amides is 1. The third-order valence-corrected chi connectivity index (χ3v) is 4.67. The summed E-state index contributed by atoms with van der Waals surface area (Å²) < 4.78 is 0. The van der Waals surface area contributed by atoms with Crippen molar-refractivity contribution in [2.45, 2.75) is 6.42 Å². The second-order valence-corrected chi connectivity index (χ2v) is 6.93. The van der Waals surface area contributed by atoms with Crippen LogP contribution in [0.3, 0.4) is 0 Å². The van der Waals surface area contributed by atoms with Gasteiger partial charge in [0.1, 0.15) is 0 Å². The number of nitrogens with zero attached hydrogens (tertiary/aromatic N) is 1. The summed E-state index contributed by atoms with van der Waals surface area (Å²) in [5, 5.41) is 3.31. The summed E-state index contributed by atoms with van der Waals surface area (Å²) in [4.78, 5) is 29.3. The van der Waals surface area contributed by atoms with Gasteiger partial charge in [0.05, 0.1) is 11.3 Å². The van der Waals surface area contributed by atoms with E-state index in [2.05, 4.69) is 22.1 Å². The van der Waals surface area contributed by atoms with E-state index in [4.69, 9.17) is 11.6 Å². The Hall–Kier alpha value is -3.68. The van der Waals surface area contributed by atoms with Gasteiger partial charge in [-0.1, -0.05) is 35.6 Å². The maximum Gasteiger partial charge on any atom is 0.259 e. The molecule has 3 aromatic rings. The highest BCUT2D eigenvalue weighted by Crippen LogP contribution is 2.27. The number of aromatic nitrogens is 1. The first-order valence-electron chi connectivity index (χ1n) is 8.95. The molecule has 1 aliphatic rings. The SMILES string of the molecule is O=C1Nc2ccc(C#CCc3ccncc3)cc2C(=O)/C1=C\c1cccc(Cl)c1. The van der Waals surface area contributed by atoms with Gasteiger partial charge in [0.25, 0.3) is 5.91 Å². The number of benzene rings is 2. The van der Waals surface area contributed by atoms with Crippen LogP contribution in [0.2, 0.25) is 5.02 Å². The first-order chi connectivity index (χ1) is 14.1. The van der Waals surface area contributed by atoms with Crippen molar-refractivity contribution in [1.29, 1.82) is 0 Å². The van der Waals surface area contributed by atoms with E-state index in [-0.39, 0.29) is 11.4 Å². The van der Waals surface area contributed by atoms with Crippen LogP contribution in [0.1, 0.15) is 27.0 Å². The van der Waals surface area contributed by atoms with Crippen molar-refractivity contribution < 1.29 is 9.59 Å². The molecule has 29 heavy (non-hydrogen) atoms. The van der Waals surface area contributed by atoms with Crippen molar-refractivity contribution in [3.05, 3.63) is 99.8 Å². The average Bonchev–Trinajstić information content (AvgIpc) is 2.72. The molecule has 0 spiro atoms. The van der Waals surface area contributed by atoms with E-state index in [0.29, 0.717) is 33.8 Å². The van der Waals surface area contributed by atoms with E-state index >= 15 is 0 Å². The van der Waals surface area contributed by atoms with Gasteiger partial charge in [-0.25, -0.2) is 0 Å². The zero-order chi connectivity index (χ0) is 20.2. The number of Topliss-reactive ketones (excluding diaryl/α,β-unsaturated/α-hetero) is 1. The van der Waals surface area contributed by atoms with Crippen molar-refractivity contribution in [2.24, 2.45) is 0 Å². The Morgan fingerprint density at radius 1 is 1.03 bits per heavy atom.